The summed E-state index contributed by atoms with van der Waals surface area (Å²) in [7, 11) is 0. The fourth-order valence-electron chi connectivity index (χ4n) is 1.50. The van der Waals surface area contributed by atoms with Crippen molar-refractivity contribution < 1.29 is 0 Å². The highest BCUT2D eigenvalue weighted by Crippen LogP contribution is 1.97. The molecule has 88 valence electrons. The predicted molar refractivity (Wildman–Crippen MR) is 61.7 cm³/mol. The van der Waals surface area contributed by atoms with Crippen molar-refractivity contribution in [3.05, 3.63) is 56.9 Å². The lowest BCUT2D eigenvalue weighted by Crippen LogP contribution is -2.11. The van der Waals surface area contributed by atoms with Gasteiger partial charge in [-0.1, -0.05) is 0 Å². The molecule has 0 unspecified atom stereocenters. The largest absolute Gasteiger partial charge is 0.311 e. The lowest BCUT2D eigenvalue weighted by molar-refractivity contribution is 0.731. The highest BCUT2D eigenvalue weighted by molar-refractivity contribution is 4.92. The molecule has 2 rings (SSSR count). The minimum absolute atomic E-state index is 0.152. The molecule has 6 nitrogen and oxygen atoms in total. The fraction of sp³-hybridized carbons (Fsp3) is 0.273. The molecule has 0 radical (unpaired) electrons. The summed E-state index contributed by atoms with van der Waals surface area (Å²) in [5.74, 6) is 1.30. The average molecular weight is 232 g/mol. The molecule has 0 spiro atoms. The van der Waals surface area contributed by atoms with Gasteiger partial charge in [0.25, 0.3) is 11.1 Å². The van der Waals surface area contributed by atoms with Crippen LogP contribution in [0.15, 0.2) is 34.1 Å². The first-order valence-corrected chi connectivity index (χ1v) is 5.32. The third-order valence-electron chi connectivity index (χ3n) is 2.27. The first kappa shape index (κ1) is 11.3. The third kappa shape index (κ3) is 3.37. The van der Waals surface area contributed by atoms with Gasteiger partial charge in [-0.2, -0.15) is 0 Å². The Morgan fingerprint density at radius 3 is 1.76 bits per heavy atom. The van der Waals surface area contributed by atoms with Crippen LogP contribution < -0.4 is 11.1 Å². The van der Waals surface area contributed by atoms with Crippen LogP contribution in [0, 0.1) is 0 Å². The lowest BCUT2D eigenvalue weighted by Gasteiger charge is -2.00. The van der Waals surface area contributed by atoms with Crippen LogP contribution in [-0.2, 0) is 12.8 Å². The van der Waals surface area contributed by atoms with Crippen molar-refractivity contribution in [3.63, 3.8) is 0 Å². The molecule has 0 aliphatic rings. The average Bonchev–Trinajstić information content (AvgIpc) is 2.29. The Labute approximate surface area is 96.8 Å². The van der Waals surface area contributed by atoms with Gasteiger partial charge in [-0.25, -0.2) is 9.97 Å². The molecule has 2 heterocycles. The lowest BCUT2D eigenvalue weighted by atomic mass is 10.2. The molecule has 0 atom stereocenters. The van der Waals surface area contributed by atoms with Crippen molar-refractivity contribution >= 4 is 0 Å². The molecule has 0 amide bonds. The number of aryl methyl sites for hydroxylation is 2. The second kappa shape index (κ2) is 5.20. The topological polar surface area (TPSA) is 91.5 Å². The van der Waals surface area contributed by atoms with Crippen LogP contribution in [0.2, 0.25) is 0 Å². The zero-order valence-corrected chi connectivity index (χ0v) is 9.14. The molecule has 0 saturated heterocycles. The predicted octanol–water partition coefficient (Wildman–Crippen LogP) is 0.0285. The Morgan fingerprint density at radius 1 is 0.882 bits per heavy atom. The van der Waals surface area contributed by atoms with Gasteiger partial charge in [-0.3, -0.25) is 9.59 Å². The SMILES string of the molecule is O=c1ccnc(CCCc2nccc(=O)[nH]2)[nH]1. The van der Waals surface area contributed by atoms with Gasteiger partial charge in [0.15, 0.2) is 0 Å². The van der Waals surface area contributed by atoms with Gasteiger partial charge in [-0.05, 0) is 6.42 Å². The monoisotopic (exact) mass is 232 g/mol. The van der Waals surface area contributed by atoms with Crippen molar-refractivity contribution in [3.8, 4) is 0 Å². The number of nitrogens with zero attached hydrogens (tertiary/aromatic N) is 2. The van der Waals surface area contributed by atoms with E-state index in [0.29, 0.717) is 24.5 Å². The van der Waals surface area contributed by atoms with E-state index in [1.165, 1.54) is 24.5 Å². The highest BCUT2D eigenvalue weighted by Gasteiger charge is 1.98. The second-order valence-electron chi connectivity index (χ2n) is 3.62. The fourth-order valence-corrected chi connectivity index (χ4v) is 1.50. The minimum Gasteiger partial charge on any atom is -0.311 e. The molecule has 0 saturated carbocycles. The first-order chi connectivity index (χ1) is 8.24. The summed E-state index contributed by atoms with van der Waals surface area (Å²) in [6, 6.07) is 2.75. The Kier molecular flexibility index (Phi) is 3.44. The van der Waals surface area contributed by atoms with E-state index in [1.54, 1.807) is 0 Å². The molecule has 0 fully saturated rings. The van der Waals surface area contributed by atoms with E-state index in [1.807, 2.05) is 0 Å². The van der Waals surface area contributed by atoms with Gasteiger partial charge in [0.2, 0.25) is 0 Å². The molecule has 2 aromatic rings. The number of aromatic amines is 2. The van der Waals surface area contributed by atoms with Gasteiger partial charge in [0.05, 0.1) is 0 Å². The highest BCUT2D eigenvalue weighted by atomic mass is 16.1. The van der Waals surface area contributed by atoms with Crippen LogP contribution in [0.4, 0.5) is 0 Å². The smallest absolute Gasteiger partial charge is 0.250 e. The maximum absolute atomic E-state index is 11.0. The number of hydrogen-bond acceptors (Lipinski definition) is 4. The van der Waals surface area contributed by atoms with Gasteiger partial charge < -0.3 is 9.97 Å². The van der Waals surface area contributed by atoms with Gasteiger partial charge in [0.1, 0.15) is 11.6 Å². The summed E-state index contributed by atoms with van der Waals surface area (Å²) < 4.78 is 0. The van der Waals surface area contributed by atoms with Crippen molar-refractivity contribution in [1.82, 2.24) is 19.9 Å². The Balaban J connectivity index is 1.92. The summed E-state index contributed by atoms with van der Waals surface area (Å²) in [5, 5.41) is 0. The number of nitrogens with one attached hydrogen (secondary N) is 2. The van der Waals surface area contributed by atoms with E-state index < -0.39 is 0 Å². The standard InChI is InChI=1S/C11H12N4O2/c16-10-4-6-12-8(14-10)2-1-3-9-13-7-5-11(17)15-9/h4-7H,1-3H2,(H,12,14,16)(H,13,15,17). The molecule has 0 aliphatic heterocycles. The maximum atomic E-state index is 11.0. The molecule has 17 heavy (non-hydrogen) atoms. The number of H-pyrrole nitrogens is 2. The zero-order chi connectivity index (χ0) is 12.1. The molecule has 2 N–H and O–H groups in total. The minimum atomic E-state index is -0.152. The Hall–Kier alpha value is -2.24. The normalized spacial score (nSPS) is 10.4. The van der Waals surface area contributed by atoms with Crippen LogP contribution in [0.25, 0.3) is 0 Å². The first-order valence-electron chi connectivity index (χ1n) is 5.32. The molecule has 0 aromatic carbocycles. The van der Waals surface area contributed by atoms with Crippen LogP contribution in [0.5, 0.6) is 0 Å². The Bertz CT molecular complexity index is 549. The maximum Gasteiger partial charge on any atom is 0.250 e. The van der Waals surface area contributed by atoms with Crippen molar-refractivity contribution in [2.45, 2.75) is 19.3 Å². The van der Waals surface area contributed by atoms with Gasteiger partial charge >= 0.3 is 0 Å². The second-order valence-corrected chi connectivity index (χ2v) is 3.62. The van der Waals surface area contributed by atoms with Crippen LogP contribution in [0.1, 0.15) is 18.1 Å². The number of rotatable bonds is 4. The summed E-state index contributed by atoms with van der Waals surface area (Å²) in [6.07, 6.45) is 5.02. The van der Waals surface area contributed by atoms with E-state index in [-0.39, 0.29) is 11.1 Å². The molecule has 0 bridgehead atoms. The summed E-state index contributed by atoms with van der Waals surface area (Å²) >= 11 is 0. The van der Waals surface area contributed by atoms with E-state index >= 15 is 0 Å². The summed E-state index contributed by atoms with van der Waals surface area (Å²) in [4.78, 5) is 35.4. The van der Waals surface area contributed by atoms with Gasteiger partial charge in [-0.15, -0.1) is 0 Å². The van der Waals surface area contributed by atoms with Crippen LogP contribution in [0.3, 0.4) is 0 Å². The third-order valence-corrected chi connectivity index (χ3v) is 2.27. The molecule has 0 aliphatic carbocycles. The molecule has 6 heteroatoms. The Morgan fingerprint density at radius 2 is 1.35 bits per heavy atom. The van der Waals surface area contributed by atoms with Gasteiger partial charge in [0, 0.05) is 37.4 Å². The van der Waals surface area contributed by atoms with E-state index in [9.17, 15) is 9.59 Å². The molecular weight excluding hydrogens is 220 g/mol. The van der Waals surface area contributed by atoms with E-state index in [2.05, 4.69) is 19.9 Å². The summed E-state index contributed by atoms with van der Waals surface area (Å²) in [5.41, 5.74) is -0.303. The van der Waals surface area contributed by atoms with E-state index in [0.717, 1.165) is 6.42 Å². The summed E-state index contributed by atoms with van der Waals surface area (Å²) in [6.45, 7) is 0. The number of hydrogen-bond donors (Lipinski definition) is 2. The van der Waals surface area contributed by atoms with Crippen molar-refractivity contribution in [2.24, 2.45) is 0 Å². The quantitative estimate of drug-likeness (QED) is 0.777. The van der Waals surface area contributed by atoms with Crippen molar-refractivity contribution in [2.75, 3.05) is 0 Å². The number of aromatic nitrogens is 4. The zero-order valence-electron chi connectivity index (χ0n) is 9.14. The molecule has 2 aromatic heterocycles. The molecular formula is C11H12N4O2. The van der Waals surface area contributed by atoms with Crippen LogP contribution in [-0.4, -0.2) is 19.9 Å². The van der Waals surface area contributed by atoms with E-state index in [4.69, 9.17) is 0 Å². The van der Waals surface area contributed by atoms with Crippen molar-refractivity contribution in [1.29, 1.82) is 0 Å². The van der Waals surface area contributed by atoms with Crippen LogP contribution >= 0.6 is 0 Å².